The van der Waals surface area contributed by atoms with Crippen LogP contribution in [0.3, 0.4) is 0 Å². The summed E-state index contributed by atoms with van der Waals surface area (Å²) in [4.78, 5) is 21.0. The number of benzene rings is 1. The molecule has 1 aromatic carbocycles. The molecule has 0 aliphatic heterocycles. The molecule has 0 amide bonds. The Labute approximate surface area is 131 Å². The summed E-state index contributed by atoms with van der Waals surface area (Å²) >= 11 is 1.43. The third kappa shape index (κ3) is 2.59. The first kappa shape index (κ1) is 14.3. The number of rotatable bonds is 3. The van der Waals surface area contributed by atoms with E-state index < -0.39 is 0 Å². The molecular formula is C16H12N4OS. The Kier molecular flexibility index (Phi) is 3.90. The van der Waals surface area contributed by atoms with Crippen molar-refractivity contribution in [3.8, 4) is 6.07 Å². The molecule has 0 N–H and O–H groups in total. The molecule has 0 bridgehead atoms. The minimum Gasteiger partial charge on any atom is -0.310 e. The highest BCUT2D eigenvalue weighted by molar-refractivity contribution is 7.98. The van der Waals surface area contributed by atoms with E-state index in [9.17, 15) is 4.79 Å². The van der Waals surface area contributed by atoms with Crippen molar-refractivity contribution in [1.82, 2.24) is 14.5 Å². The van der Waals surface area contributed by atoms with Gasteiger partial charge in [0, 0.05) is 12.4 Å². The summed E-state index contributed by atoms with van der Waals surface area (Å²) in [7, 11) is 0. The minimum absolute atomic E-state index is 0.155. The van der Waals surface area contributed by atoms with Crippen LogP contribution in [-0.4, -0.2) is 20.8 Å². The number of aromatic nitrogens is 3. The Morgan fingerprint density at radius 1 is 1.32 bits per heavy atom. The number of nitriles is 1. The van der Waals surface area contributed by atoms with Crippen molar-refractivity contribution in [2.45, 2.75) is 11.7 Å². The second-order valence-electron chi connectivity index (χ2n) is 4.67. The van der Waals surface area contributed by atoms with E-state index >= 15 is 0 Å². The van der Waals surface area contributed by atoms with Crippen LogP contribution in [0.25, 0.3) is 10.9 Å². The molecule has 6 heteroatoms. The maximum atomic E-state index is 12.5. The van der Waals surface area contributed by atoms with Crippen LogP contribution in [0.4, 0.5) is 0 Å². The van der Waals surface area contributed by atoms with Gasteiger partial charge in [-0.3, -0.25) is 4.79 Å². The Hall–Kier alpha value is -2.65. The molecule has 108 valence electrons. The summed E-state index contributed by atoms with van der Waals surface area (Å²) in [5, 5.41) is 10.3. The zero-order valence-electron chi connectivity index (χ0n) is 11.9. The lowest BCUT2D eigenvalue weighted by Crippen LogP contribution is -2.21. The Bertz CT molecular complexity index is 943. The number of thioether (sulfide) groups is 1. The van der Waals surface area contributed by atoms with Gasteiger partial charge in [-0.2, -0.15) is 5.26 Å². The van der Waals surface area contributed by atoms with Gasteiger partial charge in [-0.1, -0.05) is 30.0 Å². The van der Waals surface area contributed by atoms with Gasteiger partial charge in [0.2, 0.25) is 0 Å². The van der Waals surface area contributed by atoms with E-state index in [1.165, 1.54) is 11.8 Å². The first-order chi connectivity index (χ1) is 10.7. The molecule has 0 radical (unpaired) electrons. The van der Waals surface area contributed by atoms with E-state index in [-0.39, 0.29) is 5.56 Å². The van der Waals surface area contributed by atoms with Gasteiger partial charge >= 0.3 is 0 Å². The molecule has 0 fully saturated rings. The van der Waals surface area contributed by atoms with Gasteiger partial charge in [0.15, 0.2) is 5.16 Å². The van der Waals surface area contributed by atoms with E-state index in [1.54, 1.807) is 29.1 Å². The van der Waals surface area contributed by atoms with Crippen LogP contribution >= 0.6 is 11.8 Å². The van der Waals surface area contributed by atoms with Crippen LogP contribution in [0.15, 0.2) is 52.7 Å². The molecule has 3 rings (SSSR count). The summed E-state index contributed by atoms with van der Waals surface area (Å²) in [6.45, 7) is 0.350. The predicted molar refractivity (Wildman–Crippen MR) is 85.8 cm³/mol. The maximum Gasteiger partial charge on any atom is 0.261 e. The molecular weight excluding hydrogens is 296 g/mol. The zero-order valence-corrected chi connectivity index (χ0v) is 12.7. The smallest absolute Gasteiger partial charge is 0.261 e. The van der Waals surface area contributed by atoms with Crippen molar-refractivity contribution in [2.24, 2.45) is 0 Å². The summed E-state index contributed by atoms with van der Waals surface area (Å²) in [5.41, 5.74) is 1.86. The van der Waals surface area contributed by atoms with Gasteiger partial charge in [0.05, 0.1) is 29.1 Å². The lowest BCUT2D eigenvalue weighted by Gasteiger charge is -2.08. The zero-order chi connectivity index (χ0) is 15.5. The van der Waals surface area contributed by atoms with Gasteiger partial charge in [0.25, 0.3) is 5.56 Å². The van der Waals surface area contributed by atoms with Gasteiger partial charge in [-0.15, -0.1) is 0 Å². The Morgan fingerprint density at radius 2 is 2.14 bits per heavy atom. The topological polar surface area (TPSA) is 71.6 Å². The van der Waals surface area contributed by atoms with Crippen LogP contribution in [0.5, 0.6) is 0 Å². The largest absolute Gasteiger partial charge is 0.310 e. The lowest BCUT2D eigenvalue weighted by molar-refractivity contribution is 0.764. The highest BCUT2D eigenvalue weighted by atomic mass is 32.2. The van der Waals surface area contributed by atoms with E-state index in [1.807, 2.05) is 24.5 Å². The van der Waals surface area contributed by atoms with Crippen molar-refractivity contribution in [2.75, 3.05) is 6.26 Å². The fourth-order valence-corrected chi connectivity index (χ4v) is 2.57. The van der Waals surface area contributed by atoms with E-state index in [2.05, 4.69) is 16.0 Å². The standard InChI is InChI=1S/C16H12N4OS/c1-22-16-18-9-13-14(19-16)6-7-20(15(13)21)10-12-5-3-2-4-11(12)8-17/h2-7,9H,10H2,1H3. The Balaban J connectivity index is 2.07. The SMILES string of the molecule is CSc1ncc2c(=O)n(Cc3ccccc3C#N)ccc2n1. The molecule has 0 saturated heterocycles. The molecule has 22 heavy (non-hydrogen) atoms. The van der Waals surface area contributed by atoms with Crippen LogP contribution in [-0.2, 0) is 6.54 Å². The first-order valence-corrected chi connectivity index (χ1v) is 7.83. The quantitative estimate of drug-likeness (QED) is 0.549. The van der Waals surface area contributed by atoms with Crippen molar-refractivity contribution < 1.29 is 0 Å². The molecule has 0 spiro atoms. The number of hydrogen-bond acceptors (Lipinski definition) is 5. The molecule has 2 heterocycles. The monoisotopic (exact) mass is 308 g/mol. The predicted octanol–water partition coefficient (Wildman–Crippen LogP) is 2.43. The van der Waals surface area contributed by atoms with E-state index in [4.69, 9.17) is 5.26 Å². The minimum atomic E-state index is -0.155. The fraction of sp³-hybridized carbons (Fsp3) is 0.125. The molecule has 0 aliphatic rings. The number of nitrogens with zero attached hydrogens (tertiary/aromatic N) is 4. The Morgan fingerprint density at radius 3 is 2.91 bits per heavy atom. The summed E-state index contributed by atoms with van der Waals surface area (Å²) in [6.07, 6.45) is 5.15. The van der Waals surface area contributed by atoms with Crippen LogP contribution in [0.1, 0.15) is 11.1 Å². The highest BCUT2D eigenvalue weighted by Gasteiger charge is 2.08. The molecule has 3 aromatic rings. The molecule has 0 atom stereocenters. The maximum absolute atomic E-state index is 12.5. The molecule has 0 aliphatic carbocycles. The highest BCUT2D eigenvalue weighted by Crippen LogP contribution is 2.13. The van der Waals surface area contributed by atoms with Crippen molar-refractivity contribution in [1.29, 1.82) is 5.26 Å². The fourth-order valence-electron chi connectivity index (χ4n) is 2.23. The van der Waals surface area contributed by atoms with Gasteiger partial charge in [0.1, 0.15) is 0 Å². The molecule has 5 nitrogen and oxygen atoms in total. The number of fused-ring (bicyclic) bond motifs is 1. The summed E-state index contributed by atoms with van der Waals surface area (Å²) in [5.74, 6) is 0. The molecule has 2 aromatic heterocycles. The van der Waals surface area contributed by atoms with Crippen molar-refractivity contribution >= 4 is 22.7 Å². The van der Waals surface area contributed by atoms with Crippen LogP contribution in [0, 0.1) is 11.3 Å². The third-order valence-electron chi connectivity index (χ3n) is 3.36. The lowest BCUT2D eigenvalue weighted by atomic mass is 10.1. The van der Waals surface area contributed by atoms with Crippen molar-refractivity contribution in [3.05, 3.63) is 64.2 Å². The molecule has 0 unspecified atom stereocenters. The van der Waals surface area contributed by atoms with Crippen LogP contribution in [0.2, 0.25) is 0 Å². The molecule has 0 saturated carbocycles. The van der Waals surface area contributed by atoms with Gasteiger partial charge in [-0.05, 0) is 24.0 Å². The number of pyridine rings is 1. The van der Waals surface area contributed by atoms with Gasteiger partial charge in [-0.25, -0.2) is 9.97 Å². The third-order valence-corrected chi connectivity index (χ3v) is 3.92. The van der Waals surface area contributed by atoms with Gasteiger partial charge < -0.3 is 4.57 Å². The average Bonchev–Trinajstić information content (AvgIpc) is 2.57. The average molecular weight is 308 g/mol. The summed E-state index contributed by atoms with van der Waals surface area (Å²) in [6, 6.07) is 11.2. The summed E-state index contributed by atoms with van der Waals surface area (Å²) < 4.78 is 1.57. The number of hydrogen-bond donors (Lipinski definition) is 0. The second kappa shape index (κ2) is 6.00. The van der Waals surface area contributed by atoms with E-state index in [0.29, 0.717) is 28.2 Å². The van der Waals surface area contributed by atoms with E-state index in [0.717, 1.165) is 5.56 Å². The second-order valence-corrected chi connectivity index (χ2v) is 5.45. The first-order valence-electron chi connectivity index (χ1n) is 6.61. The van der Waals surface area contributed by atoms with Crippen LogP contribution < -0.4 is 5.56 Å². The van der Waals surface area contributed by atoms with Crippen molar-refractivity contribution in [3.63, 3.8) is 0 Å². The normalized spacial score (nSPS) is 10.5.